The molecule has 8 heteroatoms. The van der Waals surface area contributed by atoms with E-state index < -0.39 is 30.5 Å². The van der Waals surface area contributed by atoms with Gasteiger partial charge >= 0.3 is 18.1 Å². The van der Waals surface area contributed by atoms with E-state index in [0.29, 0.717) is 10.6 Å². The molecule has 0 radical (unpaired) electrons. The molecule has 2 N–H and O–H groups in total. The smallest absolute Gasteiger partial charge is 0.471 e. The maximum absolute atomic E-state index is 12.2. The second-order valence-corrected chi connectivity index (χ2v) is 4.53. The van der Waals surface area contributed by atoms with Crippen molar-refractivity contribution < 1.29 is 27.9 Å². The molecule has 1 atom stereocenters. The molecule has 0 aliphatic heterocycles. The highest BCUT2D eigenvalue weighted by atomic mass is 35.5. The maximum atomic E-state index is 12.2. The van der Waals surface area contributed by atoms with E-state index in [9.17, 15) is 22.8 Å². The third kappa shape index (κ3) is 5.48. The van der Waals surface area contributed by atoms with E-state index in [4.69, 9.17) is 16.7 Å². The number of nitrogens with one attached hydrogen (secondary N) is 1. The van der Waals surface area contributed by atoms with Gasteiger partial charge in [0.05, 0.1) is 6.42 Å². The maximum Gasteiger partial charge on any atom is 0.471 e. The van der Waals surface area contributed by atoms with Crippen LogP contribution in [-0.2, 0) is 16.0 Å². The number of rotatable bonds is 5. The molecule has 0 spiro atoms. The number of hydrogen-bond donors (Lipinski definition) is 2. The molecular weight excluding hydrogens is 299 g/mol. The van der Waals surface area contributed by atoms with Crippen molar-refractivity contribution in [3.8, 4) is 0 Å². The standard InChI is InChI=1S/C12H11ClF3NO3/c13-8-3-1-7(2-4-8)5-9(6-10(18)19)17-11(20)12(14,15)16/h1-4,9H,5-6H2,(H,17,20)(H,18,19)/t9-/m1/s1. The van der Waals surface area contributed by atoms with Gasteiger partial charge in [0.2, 0.25) is 0 Å². The van der Waals surface area contributed by atoms with Crippen LogP contribution in [0.2, 0.25) is 5.02 Å². The third-order valence-corrected chi connectivity index (χ3v) is 2.66. The van der Waals surface area contributed by atoms with Crippen LogP contribution in [0.4, 0.5) is 13.2 Å². The Morgan fingerprint density at radius 2 is 1.80 bits per heavy atom. The van der Waals surface area contributed by atoms with Crippen molar-refractivity contribution in [1.82, 2.24) is 5.32 Å². The molecule has 4 nitrogen and oxygen atoms in total. The highest BCUT2D eigenvalue weighted by Gasteiger charge is 2.39. The first-order valence-corrected chi connectivity index (χ1v) is 5.90. The predicted octanol–water partition coefficient (Wildman–Crippen LogP) is 2.40. The molecule has 0 unspecified atom stereocenters. The monoisotopic (exact) mass is 309 g/mol. The fraction of sp³-hybridized carbons (Fsp3) is 0.333. The molecule has 0 aliphatic rings. The third-order valence-electron chi connectivity index (χ3n) is 2.41. The Kier molecular flexibility index (Phi) is 5.38. The van der Waals surface area contributed by atoms with Crippen LogP contribution >= 0.6 is 11.6 Å². The van der Waals surface area contributed by atoms with Crippen LogP contribution in [0.5, 0.6) is 0 Å². The summed E-state index contributed by atoms with van der Waals surface area (Å²) in [6, 6.07) is 5.01. The minimum absolute atomic E-state index is 0.0364. The molecule has 1 amide bonds. The number of carboxylic acid groups (broad SMARTS) is 1. The Morgan fingerprint density at radius 3 is 2.25 bits per heavy atom. The first kappa shape index (κ1) is 16.3. The molecule has 0 heterocycles. The van der Waals surface area contributed by atoms with Crippen molar-refractivity contribution in [1.29, 1.82) is 0 Å². The van der Waals surface area contributed by atoms with Gasteiger partial charge in [-0.15, -0.1) is 0 Å². The minimum atomic E-state index is -5.04. The summed E-state index contributed by atoms with van der Waals surface area (Å²) in [6.07, 6.45) is -5.69. The van der Waals surface area contributed by atoms with Crippen LogP contribution in [0, 0.1) is 0 Å². The summed E-state index contributed by atoms with van der Waals surface area (Å²) < 4.78 is 36.5. The lowest BCUT2D eigenvalue weighted by Gasteiger charge is -2.18. The van der Waals surface area contributed by atoms with Crippen LogP contribution < -0.4 is 5.32 Å². The largest absolute Gasteiger partial charge is 0.481 e. The number of amides is 1. The zero-order valence-electron chi connectivity index (χ0n) is 10.1. The Balaban J connectivity index is 2.76. The number of carboxylic acids is 1. The first-order chi connectivity index (χ1) is 9.18. The molecule has 1 aromatic rings. The number of alkyl halides is 3. The van der Waals surface area contributed by atoms with Gasteiger partial charge in [-0.1, -0.05) is 23.7 Å². The fourth-order valence-electron chi connectivity index (χ4n) is 1.56. The molecule has 0 fully saturated rings. The van der Waals surface area contributed by atoms with Gasteiger partial charge in [-0.05, 0) is 24.1 Å². The van der Waals surface area contributed by atoms with Crippen LogP contribution in [-0.4, -0.2) is 29.2 Å². The van der Waals surface area contributed by atoms with Gasteiger partial charge in [0.25, 0.3) is 0 Å². The Hall–Kier alpha value is -1.76. The van der Waals surface area contributed by atoms with E-state index in [1.165, 1.54) is 12.1 Å². The molecule has 20 heavy (non-hydrogen) atoms. The number of benzene rings is 1. The summed E-state index contributed by atoms with van der Waals surface area (Å²) in [4.78, 5) is 21.5. The molecule has 1 rings (SSSR count). The average Bonchev–Trinajstić information content (AvgIpc) is 2.30. The van der Waals surface area contributed by atoms with Crippen LogP contribution in [0.1, 0.15) is 12.0 Å². The minimum Gasteiger partial charge on any atom is -0.481 e. The van der Waals surface area contributed by atoms with E-state index in [0.717, 1.165) is 0 Å². The van der Waals surface area contributed by atoms with Crippen LogP contribution in [0.15, 0.2) is 24.3 Å². The summed E-state index contributed by atoms with van der Waals surface area (Å²) in [5.41, 5.74) is 0.572. The van der Waals surface area contributed by atoms with E-state index in [2.05, 4.69) is 0 Å². The van der Waals surface area contributed by atoms with E-state index >= 15 is 0 Å². The highest BCUT2D eigenvalue weighted by molar-refractivity contribution is 6.30. The fourth-order valence-corrected chi connectivity index (χ4v) is 1.68. The highest BCUT2D eigenvalue weighted by Crippen LogP contribution is 2.16. The molecule has 0 saturated carbocycles. The van der Waals surface area contributed by atoms with E-state index in [1.807, 2.05) is 0 Å². The van der Waals surface area contributed by atoms with Gasteiger partial charge in [-0.25, -0.2) is 0 Å². The zero-order chi connectivity index (χ0) is 15.3. The Morgan fingerprint density at radius 1 is 1.25 bits per heavy atom. The number of halogens is 4. The van der Waals surface area contributed by atoms with E-state index in [1.54, 1.807) is 17.4 Å². The van der Waals surface area contributed by atoms with Crippen molar-refractivity contribution >= 4 is 23.5 Å². The van der Waals surface area contributed by atoms with Crippen molar-refractivity contribution in [3.05, 3.63) is 34.9 Å². The van der Waals surface area contributed by atoms with Crippen molar-refractivity contribution in [3.63, 3.8) is 0 Å². The summed E-state index contributed by atoms with van der Waals surface area (Å²) in [7, 11) is 0. The Bertz CT molecular complexity index is 488. The molecule has 0 saturated heterocycles. The number of carbonyl (C=O) groups is 2. The summed E-state index contributed by atoms with van der Waals surface area (Å²) in [6.45, 7) is 0. The van der Waals surface area contributed by atoms with Crippen molar-refractivity contribution in [2.75, 3.05) is 0 Å². The average molecular weight is 310 g/mol. The SMILES string of the molecule is O=C(O)C[C@@H](Cc1ccc(Cl)cc1)NC(=O)C(F)(F)F. The molecule has 1 aromatic carbocycles. The molecular formula is C12H11ClF3NO3. The van der Waals surface area contributed by atoms with Gasteiger partial charge in [0.15, 0.2) is 0 Å². The van der Waals surface area contributed by atoms with Crippen LogP contribution in [0.3, 0.4) is 0 Å². The quantitative estimate of drug-likeness (QED) is 0.877. The summed E-state index contributed by atoms with van der Waals surface area (Å²) >= 11 is 5.66. The Labute approximate surface area is 117 Å². The van der Waals surface area contributed by atoms with Gasteiger partial charge in [-0.2, -0.15) is 13.2 Å². The number of carbonyl (C=O) groups excluding carboxylic acids is 1. The second kappa shape index (κ2) is 6.60. The lowest BCUT2D eigenvalue weighted by atomic mass is 10.0. The van der Waals surface area contributed by atoms with Gasteiger partial charge in [-0.3, -0.25) is 9.59 Å². The zero-order valence-corrected chi connectivity index (χ0v) is 10.8. The molecule has 0 aromatic heterocycles. The molecule has 110 valence electrons. The number of aliphatic carboxylic acids is 1. The summed E-state index contributed by atoms with van der Waals surface area (Å²) in [5, 5.41) is 10.8. The van der Waals surface area contributed by atoms with Gasteiger partial charge < -0.3 is 10.4 Å². The van der Waals surface area contributed by atoms with E-state index in [-0.39, 0.29) is 6.42 Å². The van der Waals surface area contributed by atoms with Crippen LogP contribution in [0.25, 0.3) is 0 Å². The molecule has 0 bridgehead atoms. The summed E-state index contributed by atoms with van der Waals surface area (Å²) in [5.74, 6) is -3.45. The molecule has 0 aliphatic carbocycles. The normalized spacial score (nSPS) is 12.8. The van der Waals surface area contributed by atoms with Gasteiger partial charge in [0, 0.05) is 11.1 Å². The van der Waals surface area contributed by atoms with Crippen molar-refractivity contribution in [2.45, 2.75) is 25.1 Å². The first-order valence-electron chi connectivity index (χ1n) is 5.52. The second-order valence-electron chi connectivity index (χ2n) is 4.10. The predicted molar refractivity (Wildman–Crippen MR) is 65.4 cm³/mol. The lowest BCUT2D eigenvalue weighted by molar-refractivity contribution is -0.174. The lowest BCUT2D eigenvalue weighted by Crippen LogP contribution is -2.45. The number of hydrogen-bond acceptors (Lipinski definition) is 2. The van der Waals surface area contributed by atoms with Gasteiger partial charge in [0.1, 0.15) is 0 Å². The van der Waals surface area contributed by atoms with Crippen molar-refractivity contribution in [2.24, 2.45) is 0 Å². The topological polar surface area (TPSA) is 66.4 Å².